The van der Waals surface area contributed by atoms with Crippen LogP contribution in [-0.2, 0) is 0 Å². The van der Waals surface area contributed by atoms with Gasteiger partial charge in [-0.15, -0.1) is 0 Å². The number of rotatable bonds is 1. The van der Waals surface area contributed by atoms with Gasteiger partial charge in [-0.25, -0.2) is 0 Å². The summed E-state index contributed by atoms with van der Waals surface area (Å²) in [5.74, 6) is -0.362. The second-order valence-electron chi connectivity index (χ2n) is 3.34. The van der Waals surface area contributed by atoms with Crippen molar-refractivity contribution < 1.29 is 4.79 Å². The Kier molecular flexibility index (Phi) is 2.33. The van der Waals surface area contributed by atoms with Crippen LogP contribution in [0.4, 0.5) is 0 Å². The van der Waals surface area contributed by atoms with Crippen LogP contribution in [0.3, 0.4) is 0 Å². The Morgan fingerprint density at radius 2 is 1.86 bits per heavy atom. The molecule has 0 saturated heterocycles. The molecular formula is C11H8LiNO. The maximum absolute atomic E-state index is 11.3. The molecule has 0 heterocycles. The summed E-state index contributed by atoms with van der Waals surface area (Å²) in [5.41, 5.74) is 5.97. The van der Waals surface area contributed by atoms with Gasteiger partial charge in [-0.2, -0.15) is 0 Å². The number of primary amides is 1. The van der Waals surface area contributed by atoms with Crippen LogP contribution in [0.1, 0.15) is 10.4 Å². The average molecular weight is 177 g/mol. The third-order valence-electron chi connectivity index (χ3n) is 2.38. The van der Waals surface area contributed by atoms with Crippen LogP contribution in [0.25, 0.3) is 10.8 Å². The van der Waals surface area contributed by atoms with Crippen LogP contribution >= 0.6 is 0 Å². The van der Waals surface area contributed by atoms with Gasteiger partial charge in [0.05, 0.1) is 0 Å². The summed E-state index contributed by atoms with van der Waals surface area (Å²) in [6.07, 6.45) is 0. The van der Waals surface area contributed by atoms with Crippen LogP contribution in [0.15, 0.2) is 36.4 Å². The van der Waals surface area contributed by atoms with Gasteiger partial charge in [0.15, 0.2) is 0 Å². The molecule has 0 fully saturated rings. The van der Waals surface area contributed by atoms with Crippen molar-refractivity contribution in [3.63, 3.8) is 0 Å². The molecule has 0 atom stereocenters. The second kappa shape index (κ2) is 3.49. The van der Waals surface area contributed by atoms with Crippen molar-refractivity contribution in [1.29, 1.82) is 0 Å². The topological polar surface area (TPSA) is 43.1 Å². The molecule has 1 amide bonds. The van der Waals surface area contributed by atoms with Gasteiger partial charge in [-0.3, -0.25) is 0 Å². The minimum absolute atomic E-state index is 0.362. The van der Waals surface area contributed by atoms with Crippen LogP contribution in [0, 0.1) is 0 Å². The molecule has 2 nitrogen and oxygen atoms in total. The molecule has 0 radical (unpaired) electrons. The molecule has 0 bridgehead atoms. The van der Waals surface area contributed by atoms with Crippen molar-refractivity contribution in [2.24, 2.45) is 5.73 Å². The van der Waals surface area contributed by atoms with E-state index in [1.807, 2.05) is 54.1 Å². The van der Waals surface area contributed by atoms with Gasteiger partial charge in [0.2, 0.25) is 0 Å². The Morgan fingerprint density at radius 1 is 1.14 bits per heavy atom. The van der Waals surface area contributed by atoms with E-state index in [2.05, 4.69) is 0 Å². The summed E-state index contributed by atoms with van der Waals surface area (Å²) in [4.78, 5) is 11.3. The van der Waals surface area contributed by atoms with Gasteiger partial charge >= 0.3 is 91.1 Å². The molecule has 0 aliphatic rings. The fraction of sp³-hybridized carbons (Fsp3) is 0. The summed E-state index contributed by atoms with van der Waals surface area (Å²) in [6.45, 7) is 0. The number of carbonyl (C=O) groups is 1. The first-order valence-corrected chi connectivity index (χ1v) is 4.48. The number of fused-ring (bicyclic) bond motifs is 1. The molecule has 14 heavy (non-hydrogen) atoms. The Morgan fingerprint density at radius 3 is 2.57 bits per heavy atom. The maximum atomic E-state index is 11.3. The van der Waals surface area contributed by atoms with Crippen molar-refractivity contribution >= 4 is 38.6 Å². The molecule has 0 aliphatic carbocycles. The first-order valence-electron chi connectivity index (χ1n) is 4.48. The van der Waals surface area contributed by atoms with Crippen LogP contribution in [-0.4, -0.2) is 23.6 Å². The quantitative estimate of drug-likeness (QED) is 0.641. The van der Waals surface area contributed by atoms with Crippen LogP contribution < -0.4 is 9.97 Å². The van der Waals surface area contributed by atoms with E-state index < -0.39 is 0 Å². The fourth-order valence-electron chi connectivity index (χ4n) is 1.71. The van der Waals surface area contributed by atoms with E-state index in [9.17, 15) is 4.79 Å². The summed E-state index contributed by atoms with van der Waals surface area (Å²) in [5, 5.41) is 1.98. The second-order valence-corrected chi connectivity index (χ2v) is 3.34. The van der Waals surface area contributed by atoms with Gasteiger partial charge < -0.3 is 0 Å². The van der Waals surface area contributed by atoms with E-state index in [1.54, 1.807) is 0 Å². The first-order chi connectivity index (χ1) is 6.70. The van der Waals surface area contributed by atoms with E-state index in [1.165, 1.54) is 0 Å². The van der Waals surface area contributed by atoms with Crippen molar-refractivity contribution in [2.45, 2.75) is 0 Å². The normalized spacial score (nSPS) is 10.4. The Hall–Kier alpha value is -1.23. The van der Waals surface area contributed by atoms with Gasteiger partial charge in [0, 0.05) is 0 Å². The molecule has 2 rings (SSSR count). The van der Waals surface area contributed by atoms with Gasteiger partial charge in [0.25, 0.3) is 0 Å². The van der Waals surface area contributed by atoms with Crippen LogP contribution in [0.2, 0.25) is 0 Å². The number of carbonyl (C=O) groups excluding carboxylic acids is 1. The predicted molar refractivity (Wildman–Crippen MR) is 57.9 cm³/mol. The van der Waals surface area contributed by atoms with Gasteiger partial charge in [-0.1, -0.05) is 0 Å². The van der Waals surface area contributed by atoms with Gasteiger partial charge in [0.1, 0.15) is 0 Å². The molecule has 2 aromatic rings. The monoisotopic (exact) mass is 177 g/mol. The van der Waals surface area contributed by atoms with Gasteiger partial charge in [-0.05, 0) is 0 Å². The number of benzene rings is 2. The number of hydrogen-bond donors (Lipinski definition) is 1. The van der Waals surface area contributed by atoms with E-state index in [4.69, 9.17) is 5.73 Å². The van der Waals surface area contributed by atoms with Crippen molar-refractivity contribution in [3.05, 3.63) is 42.0 Å². The Labute approximate surface area is 91.3 Å². The average Bonchev–Trinajstić information content (AvgIpc) is 2.17. The predicted octanol–water partition coefficient (Wildman–Crippen LogP) is 0.732. The molecule has 0 aliphatic heterocycles. The minimum atomic E-state index is -0.362. The molecule has 0 aromatic heterocycles. The Bertz CT molecular complexity index is 508. The fourth-order valence-corrected chi connectivity index (χ4v) is 1.71. The third-order valence-corrected chi connectivity index (χ3v) is 2.38. The van der Waals surface area contributed by atoms with E-state index >= 15 is 0 Å². The summed E-state index contributed by atoms with van der Waals surface area (Å²) < 4.78 is 0.927. The van der Waals surface area contributed by atoms with Crippen molar-refractivity contribution in [3.8, 4) is 0 Å². The first kappa shape index (κ1) is 9.33. The molecule has 64 valence electrons. The summed E-state index contributed by atoms with van der Waals surface area (Å²) >= 11 is 1.90. The number of nitrogens with two attached hydrogens (primary N) is 1. The molecule has 2 N–H and O–H groups in total. The third kappa shape index (κ3) is 1.43. The zero-order valence-corrected chi connectivity index (χ0v) is 7.95. The Balaban J connectivity index is 2.90. The van der Waals surface area contributed by atoms with E-state index in [0.29, 0.717) is 5.56 Å². The van der Waals surface area contributed by atoms with E-state index in [0.717, 1.165) is 15.0 Å². The van der Waals surface area contributed by atoms with Crippen molar-refractivity contribution in [1.82, 2.24) is 0 Å². The SMILES string of the molecule is [Li][c]1ccc2ccccc2c1C(N)=O. The van der Waals surface area contributed by atoms with Crippen LogP contribution in [0.5, 0.6) is 0 Å². The zero-order chi connectivity index (χ0) is 10.1. The summed E-state index contributed by atoms with van der Waals surface area (Å²) in [7, 11) is 0. The van der Waals surface area contributed by atoms with Crippen molar-refractivity contribution in [2.75, 3.05) is 0 Å². The number of hydrogen-bond acceptors (Lipinski definition) is 1. The number of amides is 1. The molecule has 0 saturated carbocycles. The van der Waals surface area contributed by atoms with E-state index in [-0.39, 0.29) is 5.91 Å². The summed E-state index contributed by atoms with van der Waals surface area (Å²) in [6, 6.07) is 11.7. The molecule has 0 unspecified atom stereocenters. The molecule has 2 aromatic carbocycles. The standard InChI is InChI=1S/C11H8NO.Li/c12-11(13)10-7-3-5-8-4-1-2-6-9(8)10;/h1-6H,(H2,12,13);. The molecule has 0 spiro atoms. The zero-order valence-electron chi connectivity index (χ0n) is 7.95. The molecule has 3 heteroatoms. The molecular weight excluding hydrogens is 169 g/mol.